The van der Waals surface area contributed by atoms with Crippen molar-refractivity contribution in [3.05, 3.63) is 47.7 Å². The molecule has 1 aromatic carbocycles. The molecule has 164 valence electrons. The topological polar surface area (TPSA) is 39.3 Å². The van der Waals surface area contributed by atoms with Crippen LogP contribution in [0.5, 0.6) is 0 Å². The van der Waals surface area contributed by atoms with Gasteiger partial charge in [-0.2, -0.15) is 0 Å². The normalized spacial score (nSPS) is 30.6. The number of nitrogens with one attached hydrogen (secondary N) is 1. The molecular weight excluding hydrogens is 382 g/mol. The largest absolute Gasteiger partial charge is 0.361 e. The number of aryl methyl sites for hydroxylation is 1. The van der Waals surface area contributed by atoms with Gasteiger partial charge in [0.2, 0.25) is 5.91 Å². The number of H-pyrrole nitrogens is 1. The molecule has 4 atom stereocenters. The van der Waals surface area contributed by atoms with E-state index in [2.05, 4.69) is 51.3 Å². The number of carbonyl (C=O) groups excluding carboxylic acids is 1. The summed E-state index contributed by atoms with van der Waals surface area (Å²) in [4.78, 5) is 21.8. The van der Waals surface area contributed by atoms with E-state index >= 15 is 0 Å². The maximum absolute atomic E-state index is 13.4. The van der Waals surface area contributed by atoms with Crippen LogP contribution in [-0.2, 0) is 11.2 Å². The van der Waals surface area contributed by atoms with Crippen molar-refractivity contribution < 1.29 is 4.79 Å². The molecule has 31 heavy (non-hydrogen) atoms. The number of likely N-dealkylation sites (tertiary alicyclic amines) is 1. The lowest BCUT2D eigenvalue weighted by Gasteiger charge is -2.54. The molecule has 2 aromatic rings. The van der Waals surface area contributed by atoms with Crippen molar-refractivity contribution in [3.63, 3.8) is 0 Å². The zero-order valence-electron chi connectivity index (χ0n) is 18.6. The highest BCUT2D eigenvalue weighted by Crippen LogP contribution is 2.45. The number of aromatic amines is 1. The van der Waals surface area contributed by atoms with Gasteiger partial charge in [0, 0.05) is 42.7 Å². The second-order valence-electron chi connectivity index (χ2n) is 10.3. The van der Waals surface area contributed by atoms with Gasteiger partial charge < -0.3 is 9.88 Å². The number of nitrogens with zero attached hydrogens (tertiary/aromatic N) is 2. The molecule has 0 spiro atoms. The fraction of sp³-hybridized carbons (Fsp3) is 0.593. The summed E-state index contributed by atoms with van der Waals surface area (Å²) in [6.07, 6.45) is 15.1. The lowest BCUT2D eigenvalue weighted by atomic mass is 9.68. The molecule has 1 aromatic heterocycles. The van der Waals surface area contributed by atoms with Gasteiger partial charge in [-0.3, -0.25) is 9.69 Å². The summed E-state index contributed by atoms with van der Waals surface area (Å²) >= 11 is 0. The highest BCUT2D eigenvalue weighted by atomic mass is 16.2. The molecule has 2 bridgehead atoms. The zero-order chi connectivity index (χ0) is 20.8. The third-order valence-electron chi connectivity index (χ3n) is 8.49. The first-order chi connectivity index (χ1) is 15.3. The lowest BCUT2D eigenvalue weighted by molar-refractivity contribution is -0.136. The van der Waals surface area contributed by atoms with Gasteiger partial charge in [-0.15, -0.1) is 0 Å². The average molecular weight is 418 g/mol. The standard InChI is InChI=1S/C27H35N3O/c31-26(12-5-7-20-17-28-24-10-2-1-9-23(20)24)30-14-6-8-19-15-21-16-22(27(19)30)18-29-13-4-3-11-25(21)29/h1-2,9-10,15,17,21-22,25,27-28H,3-8,11-14,16,18H2/t21?,22?,25-,27-/m1/s1. The van der Waals surface area contributed by atoms with Crippen LogP contribution in [0.3, 0.4) is 0 Å². The average Bonchev–Trinajstić information content (AvgIpc) is 3.22. The van der Waals surface area contributed by atoms with Crippen molar-refractivity contribution in [2.45, 2.75) is 69.9 Å². The monoisotopic (exact) mass is 417 g/mol. The van der Waals surface area contributed by atoms with E-state index in [0.29, 0.717) is 24.3 Å². The Kier molecular flexibility index (Phi) is 5.14. The van der Waals surface area contributed by atoms with E-state index in [-0.39, 0.29) is 0 Å². The maximum atomic E-state index is 13.4. The van der Waals surface area contributed by atoms with Gasteiger partial charge in [0.05, 0.1) is 6.04 Å². The van der Waals surface area contributed by atoms with Crippen LogP contribution in [0.15, 0.2) is 42.1 Å². The maximum Gasteiger partial charge on any atom is 0.223 e. The summed E-state index contributed by atoms with van der Waals surface area (Å²) in [5, 5.41) is 1.30. The van der Waals surface area contributed by atoms with Gasteiger partial charge in [-0.1, -0.05) is 36.3 Å². The third-order valence-corrected chi connectivity index (χ3v) is 8.49. The fourth-order valence-corrected chi connectivity index (χ4v) is 7.17. The Labute approximate surface area is 185 Å². The number of rotatable bonds is 4. The Morgan fingerprint density at radius 3 is 3.03 bits per heavy atom. The molecule has 3 saturated heterocycles. The summed E-state index contributed by atoms with van der Waals surface area (Å²) in [5.74, 6) is 1.77. The van der Waals surface area contributed by atoms with E-state index < -0.39 is 0 Å². The highest BCUT2D eigenvalue weighted by molar-refractivity contribution is 5.83. The van der Waals surface area contributed by atoms with Crippen molar-refractivity contribution in [2.75, 3.05) is 19.6 Å². The Bertz CT molecular complexity index is 991. The molecule has 1 aliphatic carbocycles. The molecule has 1 N–H and O–H groups in total. The highest BCUT2D eigenvalue weighted by Gasteiger charge is 2.46. The number of aromatic nitrogens is 1. The van der Waals surface area contributed by atoms with Crippen LogP contribution in [0.1, 0.15) is 56.9 Å². The predicted octanol–water partition coefficient (Wildman–Crippen LogP) is 4.91. The van der Waals surface area contributed by atoms with Gasteiger partial charge in [-0.25, -0.2) is 0 Å². The first kappa shape index (κ1) is 19.6. The predicted molar refractivity (Wildman–Crippen MR) is 125 cm³/mol. The van der Waals surface area contributed by atoms with Crippen molar-refractivity contribution in [1.82, 2.24) is 14.8 Å². The minimum Gasteiger partial charge on any atom is -0.361 e. The summed E-state index contributed by atoms with van der Waals surface area (Å²) < 4.78 is 0. The van der Waals surface area contributed by atoms with Crippen LogP contribution < -0.4 is 0 Å². The van der Waals surface area contributed by atoms with Gasteiger partial charge in [0.25, 0.3) is 0 Å². The minimum atomic E-state index is 0.383. The molecule has 3 aliphatic heterocycles. The molecule has 6 rings (SSSR count). The van der Waals surface area contributed by atoms with E-state index in [9.17, 15) is 4.79 Å². The van der Waals surface area contributed by atoms with Gasteiger partial charge in [0.1, 0.15) is 0 Å². The number of carbonyl (C=O) groups is 1. The number of fused-ring (bicyclic) bond motifs is 7. The number of para-hydroxylation sites is 1. The molecule has 3 fully saturated rings. The smallest absolute Gasteiger partial charge is 0.223 e. The van der Waals surface area contributed by atoms with Crippen LogP contribution >= 0.6 is 0 Å². The summed E-state index contributed by atoms with van der Waals surface area (Å²) in [5.41, 5.74) is 4.13. The molecule has 4 heteroatoms. The SMILES string of the molecule is O=C(CCCc1c[nH]c2ccccc12)N1CCCC2=CC3CC(CN4CCCC[C@H]34)[C@@H]21. The van der Waals surface area contributed by atoms with Gasteiger partial charge in [0.15, 0.2) is 0 Å². The Balaban J connectivity index is 1.14. The van der Waals surface area contributed by atoms with Crippen LogP contribution in [0.2, 0.25) is 0 Å². The number of hydrogen-bond donors (Lipinski definition) is 1. The second-order valence-corrected chi connectivity index (χ2v) is 10.3. The Hall–Kier alpha value is -2.07. The van der Waals surface area contributed by atoms with Crippen LogP contribution in [0.25, 0.3) is 10.9 Å². The van der Waals surface area contributed by atoms with Crippen molar-refractivity contribution in [1.29, 1.82) is 0 Å². The van der Waals surface area contributed by atoms with Crippen LogP contribution in [0.4, 0.5) is 0 Å². The number of benzene rings is 1. The molecule has 0 saturated carbocycles. The Morgan fingerprint density at radius 1 is 1.13 bits per heavy atom. The summed E-state index contributed by atoms with van der Waals surface area (Å²) in [6, 6.07) is 9.63. The van der Waals surface area contributed by atoms with Crippen LogP contribution in [-0.4, -0.2) is 52.4 Å². The number of amides is 1. The zero-order valence-corrected chi connectivity index (χ0v) is 18.6. The van der Waals surface area contributed by atoms with E-state index in [0.717, 1.165) is 37.8 Å². The van der Waals surface area contributed by atoms with E-state index in [4.69, 9.17) is 0 Å². The van der Waals surface area contributed by atoms with Gasteiger partial charge in [-0.05, 0) is 75.0 Å². The van der Waals surface area contributed by atoms with E-state index in [1.54, 1.807) is 5.57 Å². The quantitative estimate of drug-likeness (QED) is 0.718. The lowest BCUT2D eigenvalue weighted by Crippen LogP contribution is -2.60. The van der Waals surface area contributed by atoms with E-state index in [1.165, 1.54) is 61.7 Å². The molecule has 2 unspecified atom stereocenters. The molecule has 4 nitrogen and oxygen atoms in total. The van der Waals surface area contributed by atoms with Crippen molar-refractivity contribution in [2.24, 2.45) is 11.8 Å². The van der Waals surface area contributed by atoms with Crippen LogP contribution in [0, 0.1) is 11.8 Å². The first-order valence-corrected chi connectivity index (χ1v) is 12.6. The summed E-state index contributed by atoms with van der Waals surface area (Å²) in [6.45, 7) is 3.44. The van der Waals surface area contributed by atoms with Crippen molar-refractivity contribution in [3.8, 4) is 0 Å². The molecule has 4 aliphatic rings. The number of piperidine rings is 3. The fourth-order valence-electron chi connectivity index (χ4n) is 7.17. The second kappa shape index (κ2) is 8.12. The first-order valence-electron chi connectivity index (χ1n) is 12.6. The van der Waals surface area contributed by atoms with Crippen molar-refractivity contribution >= 4 is 16.8 Å². The molecule has 4 heterocycles. The molecular formula is C27H35N3O. The summed E-state index contributed by atoms with van der Waals surface area (Å²) in [7, 11) is 0. The van der Waals surface area contributed by atoms with E-state index in [1.807, 2.05) is 0 Å². The minimum absolute atomic E-state index is 0.383. The van der Waals surface area contributed by atoms with Gasteiger partial charge >= 0.3 is 0 Å². The third kappa shape index (κ3) is 3.53. The Morgan fingerprint density at radius 2 is 2.06 bits per heavy atom. The molecule has 0 radical (unpaired) electrons. The number of hydrogen-bond acceptors (Lipinski definition) is 2. The molecule has 1 amide bonds.